The Balaban J connectivity index is 2.11. The monoisotopic (exact) mass is 318 g/mol. The first kappa shape index (κ1) is 14.9. The summed E-state index contributed by atoms with van der Waals surface area (Å²) in [6.45, 7) is 2.09. The zero-order valence-electron chi connectivity index (χ0n) is 12.3. The molecule has 3 aromatic rings. The molecule has 0 bridgehead atoms. The molecule has 0 atom stereocenters. The number of amides is 1. The lowest BCUT2D eigenvalue weighted by Crippen LogP contribution is -2.14. The predicted molar refractivity (Wildman–Crippen MR) is 78.3 cm³/mol. The Morgan fingerprint density at radius 3 is 2.78 bits per heavy atom. The fourth-order valence-electron chi connectivity index (χ4n) is 2.03. The van der Waals surface area contributed by atoms with Crippen LogP contribution < -0.4 is 5.32 Å². The first-order valence-electron chi connectivity index (χ1n) is 6.68. The molecule has 3 heterocycles. The molecule has 0 saturated carbocycles. The number of halogens is 2. The van der Waals surface area contributed by atoms with Gasteiger partial charge in [0.05, 0.1) is 11.7 Å². The van der Waals surface area contributed by atoms with Crippen LogP contribution in [0, 0.1) is 0 Å². The Labute approximate surface area is 129 Å². The molecule has 1 N–H and O–H groups in total. The van der Waals surface area contributed by atoms with Crippen LogP contribution in [-0.4, -0.2) is 30.6 Å². The van der Waals surface area contributed by atoms with Gasteiger partial charge in [0.2, 0.25) is 11.7 Å². The number of alkyl halides is 2. The quantitative estimate of drug-likeness (QED) is 0.800. The Hall–Kier alpha value is -2.97. The third kappa shape index (κ3) is 2.98. The highest BCUT2D eigenvalue weighted by Gasteiger charge is 2.28. The van der Waals surface area contributed by atoms with E-state index >= 15 is 0 Å². The maximum absolute atomic E-state index is 13.4. The Kier molecular flexibility index (Phi) is 3.47. The van der Waals surface area contributed by atoms with Gasteiger partial charge in [-0.15, -0.1) is 0 Å². The van der Waals surface area contributed by atoms with E-state index in [2.05, 4.69) is 25.4 Å². The molecular weight excluding hydrogens is 306 g/mol. The van der Waals surface area contributed by atoms with Gasteiger partial charge in [0.1, 0.15) is 5.82 Å². The summed E-state index contributed by atoms with van der Waals surface area (Å²) >= 11 is 0. The number of hydrogen-bond donors (Lipinski definition) is 1. The van der Waals surface area contributed by atoms with E-state index in [0.717, 1.165) is 6.92 Å². The third-order valence-corrected chi connectivity index (χ3v) is 3.01. The van der Waals surface area contributed by atoms with Crippen molar-refractivity contribution in [1.29, 1.82) is 0 Å². The minimum Gasteiger partial charge on any atom is -0.311 e. The first-order chi connectivity index (χ1) is 10.8. The first-order valence-corrected chi connectivity index (χ1v) is 6.68. The summed E-state index contributed by atoms with van der Waals surface area (Å²) in [4.78, 5) is 22.6. The van der Waals surface area contributed by atoms with Crippen LogP contribution in [0.25, 0.3) is 16.7 Å². The largest absolute Gasteiger partial charge is 0.311 e. The number of aromatic nitrogens is 5. The van der Waals surface area contributed by atoms with Gasteiger partial charge in [0, 0.05) is 43.8 Å². The van der Waals surface area contributed by atoms with Crippen LogP contribution >= 0.6 is 0 Å². The van der Waals surface area contributed by atoms with Crippen molar-refractivity contribution in [3.63, 3.8) is 0 Å². The van der Waals surface area contributed by atoms with E-state index in [1.165, 1.54) is 36.3 Å². The maximum Gasteiger partial charge on any atom is 0.303 e. The SMILES string of the molecule is CC(=O)Nc1cc2c(cn1)cnn2-c1ccnc(C(C)(F)F)n1. The molecule has 0 aliphatic heterocycles. The number of hydrogen-bond acceptors (Lipinski definition) is 5. The number of fused-ring (bicyclic) bond motifs is 1. The van der Waals surface area contributed by atoms with Crippen molar-refractivity contribution in [3.8, 4) is 5.82 Å². The fraction of sp³-hybridized carbons (Fsp3) is 0.214. The van der Waals surface area contributed by atoms with Gasteiger partial charge in [0.25, 0.3) is 0 Å². The molecule has 1 amide bonds. The highest BCUT2D eigenvalue weighted by molar-refractivity contribution is 5.90. The molecule has 0 unspecified atom stereocenters. The molecule has 3 aromatic heterocycles. The number of pyridine rings is 1. The number of rotatable bonds is 3. The number of anilines is 1. The van der Waals surface area contributed by atoms with Crippen LogP contribution in [0.5, 0.6) is 0 Å². The standard InChI is InChI=1S/C14H12F2N6O/c1-8(23)20-11-5-10-9(6-18-11)7-19-22(10)12-3-4-17-13(21-12)14(2,15)16/h3-7H,1-2H3,(H,18,20,23). The molecule has 0 fully saturated rings. The van der Waals surface area contributed by atoms with Gasteiger partial charge >= 0.3 is 5.92 Å². The molecule has 23 heavy (non-hydrogen) atoms. The highest BCUT2D eigenvalue weighted by Crippen LogP contribution is 2.25. The van der Waals surface area contributed by atoms with Gasteiger partial charge in [-0.25, -0.2) is 19.6 Å². The number of carbonyl (C=O) groups excluding carboxylic acids is 1. The number of nitrogens with one attached hydrogen (secondary N) is 1. The summed E-state index contributed by atoms with van der Waals surface area (Å²) in [5.41, 5.74) is 0.577. The maximum atomic E-state index is 13.4. The Morgan fingerprint density at radius 2 is 2.09 bits per heavy atom. The normalized spacial score (nSPS) is 11.7. The fourth-order valence-corrected chi connectivity index (χ4v) is 2.03. The van der Waals surface area contributed by atoms with Crippen LogP contribution in [0.2, 0.25) is 0 Å². The highest BCUT2D eigenvalue weighted by atomic mass is 19.3. The minimum absolute atomic E-state index is 0.200. The summed E-state index contributed by atoms with van der Waals surface area (Å²) in [6, 6.07) is 3.07. The van der Waals surface area contributed by atoms with E-state index in [4.69, 9.17) is 0 Å². The minimum atomic E-state index is -3.15. The van der Waals surface area contributed by atoms with Crippen molar-refractivity contribution >= 4 is 22.6 Å². The van der Waals surface area contributed by atoms with Gasteiger partial charge < -0.3 is 5.32 Å². The van der Waals surface area contributed by atoms with Gasteiger partial charge in [-0.1, -0.05) is 0 Å². The molecular formula is C14H12F2N6O. The summed E-state index contributed by atoms with van der Waals surface area (Å²) in [7, 11) is 0. The molecule has 0 aliphatic carbocycles. The molecule has 0 aromatic carbocycles. The zero-order valence-corrected chi connectivity index (χ0v) is 12.3. The average Bonchev–Trinajstić information content (AvgIpc) is 2.89. The van der Waals surface area contributed by atoms with E-state index < -0.39 is 11.7 Å². The Bertz CT molecular complexity index is 886. The predicted octanol–water partition coefficient (Wildman–Crippen LogP) is 2.28. The third-order valence-electron chi connectivity index (χ3n) is 3.01. The number of carbonyl (C=O) groups is 1. The second kappa shape index (κ2) is 5.34. The average molecular weight is 318 g/mol. The van der Waals surface area contributed by atoms with Crippen LogP contribution in [0.4, 0.5) is 14.6 Å². The molecule has 0 spiro atoms. The molecule has 118 valence electrons. The summed E-state index contributed by atoms with van der Waals surface area (Å²) in [5.74, 6) is -3.47. The Morgan fingerprint density at radius 1 is 1.30 bits per heavy atom. The van der Waals surface area contributed by atoms with Crippen molar-refractivity contribution in [2.24, 2.45) is 0 Å². The molecule has 0 saturated heterocycles. The summed E-state index contributed by atoms with van der Waals surface area (Å²) in [6.07, 6.45) is 4.31. The van der Waals surface area contributed by atoms with Crippen LogP contribution in [0.15, 0.2) is 30.7 Å². The molecule has 7 nitrogen and oxygen atoms in total. The lowest BCUT2D eigenvalue weighted by atomic mass is 10.3. The number of nitrogens with zero attached hydrogens (tertiary/aromatic N) is 5. The lowest BCUT2D eigenvalue weighted by Gasteiger charge is -2.10. The second-order valence-electron chi connectivity index (χ2n) is 4.99. The van der Waals surface area contributed by atoms with Crippen molar-refractivity contribution in [2.45, 2.75) is 19.8 Å². The van der Waals surface area contributed by atoms with E-state index in [1.54, 1.807) is 6.07 Å². The van der Waals surface area contributed by atoms with Crippen molar-refractivity contribution in [2.75, 3.05) is 5.32 Å². The van der Waals surface area contributed by atoms with Crippen molar-refractivity contribution in [3.05, 3.63) is 36.5 Å². The zero-order chi connectivity index (χ0) is 16.6. The summed E-state index contributed by atoms with van der Waals surface area (Å²) < 4.78 is 28.2. The van der Waals surface area contributed by atoms with E-state index in [-0.39, 0.29) is 11.7 Å². The van der Waals surface area contributed by atoms with E-state index in [1.807, 2.05) is 0 Å². The topological polar surface area (TPSA) is 85.6 Å². The van der Waals surface area contributed by atoms with Crippen LogP contribution in [-0.2, 0) is 10.7 Å². The second-order valence-corrected chi connectivity index (χ2v) is 4.99. The smallest absolute Gasteiger partial charge is 0.303 e. The molecule has 3 rings (SSSR count). The van der Waals surface area contributed by atoms with E-state index in [9.17, 15) is 13.6 Å². The van der Waals surface area contributed by atoms with E-state index in [0.29, 0.717) is 16.7 Å². The summed E-state index contributed by atoms with van der Waals surface area (Å²) in [5, 5.41) is 7.38. The van der Waals surface area contributed by atoms with Gasteiger partial charge in [-0.3, -0.25) is 4.79 Å². The molecule has 9 heteroatoms. The molecule has 0 radical (unpaired) electrons. The lowest BCUT2D eigenvalue weighted by molar-refractivity contribution is -0.114. The van der Waals surface area contributed by atoms with Gasteiger partial charge in [0.15, 0.2) is 5.82 Å². The van der Waals surface area contributed by atoms with Crippen LogP contribution in [0.1, 0.15) is 19.7 Å². The molecule has 0 aliphatic rings. The van der Waals surface area contributed by atoms with Crippen molar-refractivity contribution < 1.29 is 13.6 Å². The van der Waals surface area contributed by atoms with Gasteiger partial charge in [-0.2, -0.15) is 13.9 Å². The van der Waals surface area contributed by atoms with Crippen molar-refractivity contribution in [1.82, 2.24) is 24.7 Å². The van der Waals surface area contributed by atoms with Crippen LogP contribution in [0.3, 0.4) is 0 Å². The van der Waals surface area contributed by atoms with Gasteiger partial charge in [-0.05, 0) is 0 Å².